The fourth-order valence-electron chi connectivity index (χ4n) is 2.84. The fourth-order valence-corrected chi connectivity index (χ4v) is 4.12. The van der Waals surface area contributed by atoms with Crippen LogP contribution in [-0.2, 0) is 20.4 Å². The van der Waals surface area contributed by atoms with Gasteiger partial charge < -0.3 is 8.83 Å². The van der Waals surface area contributed by atoms with Crippen LogP contribution >= 0.6 is 11.6 Å². The van der Waals surface area contributed by atoms with Crippen molar-refractivity contribution in [2.75, 3.05) is 11.1 Å². The molecule has 9 nitrogen and oxygen atoms in total. The topological polar surface area (TPSA) is 128 Å². The Morgan fingerprint density at radius 2 is 1.84 bits per heavy atom. The lowest BCUT2D eigenvalue weighted by Gasteiger charge is -2.02. The summed E-state index contributed by atoms with van der Waals surface area (Å²) in [5.41, 5.74) is 2.90. The van der Waals surface area contributed by atoms with Gasteiger partial charge in [0.05, 0.1) is 10.6 Å². The van der Waals surface area contributed by atoms with Gasteiger partial charge in [0.2, 0.25) is 17.7 Å². The summed E-state index contributed by atoms with van der Waals surface area (Å²) < 4.78 is 35.4. The first-order chi connectivity index (χ1) is 15.3. The number of aromatic nitrogens is 3. The van der Waals surface area contributed by atoms with E-state index in [2.05, 4.69) is 20.5 Å². The Balaban J connectivity index is 1.38. The minimum atomic E-state index is -3.89. The molecule has 4 aromatic rings. The number of carbonyl (C=O) groups is 1. The number of nitrogens with one attached hydrogen (secondary N) is 1. The van der Waals surface area contributed by atoms with Gasteiger partial charge in [-0.25, -0.2) is 8.42 Å². The average molecular weight is 473 g/mol. The maximum Gasteiger partial charge on any atom is 0.301 e. The van der Waals surface area contributed by atoms with Crippen LogP contribution in [0, 0.1) is 6.92 Å². The van der Waals surface area contributed by atoms with E-state index in [1.807, 2.05) is 31.2 Å². The molecule has 0 unspecified atom stereocenters. The van der Waals surface area contributed by atoms with E-state index < -0.39 is 27.3 Å². The van der Waals surface area contributed by atoms with Crippen molar-refractivity contribution in [3.05, 3.63) is 71.3 Å². The Kier molecular flexibility index (Phi) is 6.06. The number of carbonyl (C=O) groups excluding carboxylic acids is 1. The van der Waals surface area contributed by atoms with E-state index in [0.717, 1.165) is 11.1 Å². The third-order valence-corrected chi connectivity index (χ3v) is 6.08. The molecule has 4 rings (SSSR count). The molecule has 0 radical (unpaired) electrons. The third kappa shape index (κ3) is 5.21. The highest BCUT2D eigenvalue weighted by atomic mass is 35.5. The number of hydrogen-bond donors (Lipinski definition) is 1. The number of amides is 1. The number of oxazole rings is 1. The molecule has 164 valence electrons. The Hall–Kier alpha value is -3.50. The van der Waals surface area contributed by atoms with Crippen molar-refractivity contribution in [1.82, 2.24) is 15.2 Å². The van der Waals surface area contributed by atoms with Crippen molar-refractivity contribution in [3.8, 4) is 22.7 Å². The normalized spacial score (nSPS) is 11.4. The number of hydrogen-bond acceptors (Lipinski definition) is 8. The van der Waals surface area contributed by atoms with Gasteiger partial charge in [-0.2, -0.15) is 4.98 Å². The van der Waals surface area contributed by atoms with E-state index in [-0.39, 0.29) is 17.8 Å². The van der Waals surface area contributed by atoms with Crippen molar-refractivity contribution in [2.24, 2.45) is 0 Å². The van der Waals surface area contributed by atoms with Crippen LogP contribution in [0.15, 0.2) is 63.6 Å². The smallest absolute Gasteiger partial charge is 0.301 e. The first-order valence-corrected chi connectivity index (χ1v) is 11.6. The number of aryl methyl sites for hydroxylation is 1. The van der Waals surface area contributed by atoms with E-state index in [0.29, 0.717) is 16.3 Å². The van der Waals surface area contributed by atoms with Crippen LogP contribution < -0.4 is 5.32 Å². The molecule has 1 N–H and O–H groups in total. The molecule has 0 aliphatic heterocycles. The summed E-state index contributed by atoms with van der Waals surface area (Å²) in [7, 11) is -3.89. The second kappa shape index (κ2) is 8.93. The first-order valence-electron chi connectivity index (χ1n) is 9.39. The minimum Gasteiger partial charge on any atom is -0.431 e. The number of benzene rings is 2. The summed E-state index contributed by atoms with van der Waals surface area (Å²) in [6.45, 7) is 1.96. The molecule has 2 aromatic heterocycles. The zero-order valence-electron chi connectivity index (χ0n) is 16.8. The van der Waals surface area contributed by atoms with Crippen molar-refractivity contribution in [3.63, 3.8) is 0 Å². The third-order valence-electron chi connectivity index (χ3n) is 4.36. The quantitative estimate of drug-likeness (QED) is 0.428. The van der Waals surface area contributed by atoms with Gasteiger partial charge in [-0.3, -0.25) is 10.1 Å². The number of rotatable bonds is 7. The molecular formula is C21H17ClN4O5S. The highest BCUT2D eigenvalue weighted by molar-refractivity contribution is 7.91. The molecule has 0 saturated heterocycles. The molecule has 0 aliphatic rings. The van der Waals surface area contributed by atoms with Crippen LogP contribution in [0.1, 0.15) is 11.5 Å². The van der Waals surface area contributed by atoms with Crippen molar-refractivity contribution in [2.45, 2.75) is 12.7 Å². The Bertz CT molecular complexity index is 1360. The first kappa shape index (κ1) is 21.7. The lowest BCUT2D eigenvalue weighted by molar-refractivity contribution is -0.114. The van der Waals surface area contributed by atoms with Gasteiger partial charge in [-0.05, 0) is 19.1 Å². The molecule has 32 heavy (non-hydrogen) atoms. The maximum absolute atomic E-state index is 12.4. The van der Waals surface area contributed by atoms with Crippen LogP contribution in [-0.4, -0.2) is 35.3 Å². The summed E-state index contributed by atoms with van der Waals surface area (Å²) in [6.07, 6.45) is 1.38. The standard InChI is InChI=1S/C21H17ClN4O5S/c1-13-6-8-14(9-7-13)17-10-30-21(23-17)24-18(27)11-32(28,29)12-19-25-26-20(31-19)15-4-2-3-5-16(15)22/h2-10H,11-12H2,1H3,(H,23,24,27). The predicted molar refractivity (Wildman–Crippen MR) is 118 cm³/mol. The lowest BCUT2D eigenvalue weighted by atomic mass is 10.1. The summed E-state index contributed by atoms with van der Waals surface area (Å²) in [6, 6.07) is 14.3. The van der Waals surface area contributed by atoms with Crippen molar-refractivity contribution < 1.29 is 22.0 Å². The Morgan fingerprint density at radius 1 is 1.09 bits per heavy atom. The van der Waals surface area contributed by atoms with Crippen molar-refractivity contribution >= 4 is 33.4 Å². The molecule has 0 bridgehead atoms. The number of halogens is 1. The van der Waals surface area contributed by atoms with Gasteiger partial charge in [0.15, 0.2) is 9.84 Å². The number of anilines is 1. The predicted octanol–water partition coefficient (Wildman–Crippen LogP) is 3.91. The van der Waals surface area contributed by atoms with Gasteiger partial charge in [-0.1, -0.05) is 53.6 Å². The van der Waals surface area contributed by atoms with Crippen LogP contribution in [0.25, 0.3) is 22.7 Å². The largest absolute Gasteiger partial charge is 0.431 e. The maximum atomic E-state index is 12.4. The Labute approximate surface area is 188 Å². The van der Waals surface area contributed by atoms with Crippen LogP contribution in [0.2, 0.25) is 5.02 Å². The van der Waals surface area contributed by atoms with Gasteiger partial charge in [-0.15, -0.1) is 10.2 Å². The van der Waals surface area contributed by atoms with Gasteiger partial charge in [0.25, 0.3) is 0 Å². The Morgan fingerprint density at radius 3 is 2.59 bits per heavy atom. The molecule has 2 heterocycles. The fraction of sp³-hybridized carbons (Fsp3) is 0.143. The highest BCUT2D eigenvalue weighted by Gasteiger charge is 2.23. The lowest BCUT2D eigenvalue weighted by Crippen LogP contribution is -2.24. The summed E-state index contributed by atoms with van der Waals surface area (Å²) in [5.74, 6) is -2.26. The summed E-state index contributed by atoms with van der Waals surface area (Å²) in [5, 5.41) is 10.3. The second-order valence-corrected chi connectivity index (χ2v) is 9.44. The van der Waals surface area contributed by atoms with E-state index in [4.69, 9.17) is 20.4 Å². The van der Waals surface area contributed by atoms with Gasteiger partial charge in [0.1, 0.15) is 23.5 Å². The van der Waals surface area contributed by atoms with E-state index in [1.54, 1.807) is 24.3 Å². The molecule has 0 saturated carbocycles. The van der Waals surface area contributed by atoms with E-state index in [9.17, 15) is 13.2 Å². The zero-order chi connectivity index (χ0) is 22.7. The zero-order valence-corrected chi connectivity index (χ0v) is 18.4. The van der Waals surface area contributed by atoms with Crippen molar-refractivity contribution in [1.29, 1.82) is 0 Å². The second-order valence-electron chi connectivity index (χ2n) is 6.97. The molecule has 0 aliphatic carbocycles. The highest BCUT2D eigenvalue weighted by Crippen LogP contribution is 2.26. The van der Waals surface area contributed by atoms with Crippen LogP contribution in [0.5, 0.6) is 0 Å². The SMILES string of the molecule is Cc1ccc(-c2coc(NC(=O)CS(=O)(=O)Cc3nnc(-c4ccccc4Cl)o3)n2)cc1. The van der Waals surface area contributed by atoms with Crippen LogP contribution in [0.3, 0.4) is 0 Å². The average Bonchev–Trinajstić information content (AvgIpc) is 3.38. The summed E-state index contributed by atoms with van der Waals surface area (Å²) in [4.78, 5) is 16.4. The van der Waals surface area contributed by atoms with E-state index in [1.165, 1.54) is 6.26 Å². The number of sulfone groups is 1. The molecule has 0 spiro atoms. The molecule has 0 fully saturated rings. The van der Waals surface area contributed by atoms with E-state index >= 15 is 0 Å². The number of nitrogens with zero attached hydrogens (tertiary/aromatic N) is 3. The molecule has 1 amide bonds. The van der Waals surface area contributed by atoms with Gasteiger partial charge >= 0.3 is 6.01 Å². The molecular weight excluding hydrogens is 456 g/mol. The minimum absolute atomic E-state index is 0.0914. The monoisotopic (exact) mass is 472 g/mol. The van der Waals surface area contributed by atoms with Crippen LogP contribution in [0.4, 0.5) is 6.01 Å². The molecule has 11 heteroatoms. The molecule has 2 aromatic carbocycles. The summed E-state index contributed by atoms with van der Waals surface area (Å²) >= 11 is 6.08. The molecule has 0 atom stereocenters. The van der Waals surface area contributed by atoms with Gasteiger partial charge in [0, 0.05) is 5.56 Å².